The van der Waals surface area contributed by atoms with Gasteiger partial charge in [-0.25, -0.2) is 9.59 Å². The first-order chi connectivity index (χ1) is 12.0. The molecule has 6 nitrogen and oxygen atoms in total. The Kier molecular flexibility index (Phi) is 6.84. The van der Waals surface area contributed by atoms with Gasteiger partial charge >= 0.3 is 12.0 Å². The molecule has 0 unspecified atom stereocenters. The number of carbonyl (C=O) groups excluding carboxylic acids is 2. The summed E-state index contributed by atoms with van der Waals surface area (Å²) in [6, 6.07) is 6.84. The zero-order valence-corrected chi connectivity index (χ0v) is 15.4. The van der Waals surface area contributed by atoms with E-state index >= 15 is 0 Å². The van der Waals surface area contributed by atoms with Crippen molar-refractivity contribution in [2.75, 3.05) is 13.2 Å². The van der Waals surface area contributed by atoms with Crippen molar-refractivity contribution < 1.29 is 14.3 Å². The summed E-state index contributed by atoms with van der Waals surface area (Å²) in [5.74, 6) is -0.413. The second-order valence-corrected chi connectivity index (χ2v) is 6.20. The number of hydrogen-bond acceptors (Lipinski definition) is 4. The van der Waals surface area contributed by atoms with Gasteiger partial charge in [0.05, 0.1) is 18.2 Å². The third kappa shape index (κ3) is 4.74. The molecule has 0 spiro atoms. The summed E-state index contributed by atoms with van der Waals surface area (Å²) in [6.07, 6.45) is 0.602. The summed E-state index contributed by atoms with van der Waals surface area (Å²) < 4.78 is 5.15. The van der Waals surface area contributed by atoms with Crippen LogP contribution in [0.5, 0.6) is 0 Å². The molecule has 0 aromatic heterocycles. The highest BCUT2D eigenvalue weighted by Gasteiger charge is 2.31. The lowest BCUT2D eigenvalue weighted by atomic mass is 10.00. The lowest BCUT2D eigenvalue weighted by molar-refractivity contribution is -0.139. The van der Waals surface area contributed by atoms with Gasteiger partial charge < -0.3 is 20.7 Å². The van der Waals surface area contributed by atoms with E-state index in [1.165, 1.54) is 0 Å². The summed E-state index contributed by atoms with van der Waals surface area (Å²) in [5.41, 5.74) is 1.95. The predicted molar refractivity (Wildman–Crippen MR) is 97.3 cm³/mol. The zero-order valence-electron chi connectivity index (χ0n) is 14.7. The number of benzene rings is 1. The maximum atomic E-state index is 12.3. The van der Waals surface area contributed by atoms with Gasteiger partial charge in [0.1, 0.15) is 0 Å². The van der Waals surface area contributed by atoms with Crippen molar-refractivity contribution >= 4 is 23.6 Å². The first kappa shape index (κ1) is 19.3. The minimum Gasteiger partial charge on any atom is -0.463 e. The van der Waals surface area contributed by atoms with Crippen LogP contribution in [0.2, 0.25) is 5.02 Å². The minimum absolute atomic E-state index is 0.0449. The standard InChI is InChI=1S/C18H24ClN3O3/c1-4-14-16(17(23)25-5-2)15(22-18(24)21-14)10-20-11(3)12-8-6-7-9-13(12)19/h6-9,11,14,20H,4-5,10H2,1-3H3,(H2,21,22,24)/t11-,14-/m1/s1. The lowest BCUT2D eigenvalue weighted by Crippen LogP contribution is -2.52. The monoisotopic (exact) mass is 365 g/mol. The Balaban J connectivity index is 2.21. The van der Waals surface area contributed by atoms with E-state index in [4.69, 9.17) is 16.3 Å². The lowest BCUT2D eigenvalue weighted by Gasteiger charge is -2.29. The van der Waals surface area contributed by atoms with Crippen LogP contribution in [0.1, 0.15) is 38.8 Å². The fourth-order valence-electron chi connectivity index (χ4n) is 2.79. The van der Waals surface area contributed by atoms with E-state index < -0.39 is 5.97 Å². The van der Waals surface area contributed by atoms with Crippen LogP contribution in [-0.2, 0) is 9.53 Å². The maximum Gasteiger partial charge on any atom is 0.337 e. The Morgan fingerprint density at radius 2 is 2.08 bits per heavy atom. The van der Waals surface area contributed by atoms with Crippen LogP contribution in [-0.4, -0.2) is 31.2 Å². The van der Waals surface area contributed by atoms with Crippen LogP contribution in [0.25, 0.3) is 0 Å². The van der Waals surface area contributed by atoms with Gasteiger partial charge in [0, 0.05) is 23.3 Å². The zero-order chi connectivity index (χ0) is 18.4. The van der Waals surface area contributed by atoms with E-state index in [0.29, 0.717) is 29.3 Å². The van der Waals surface area contributed by atoms with Crippen LogP contribution in [0.15, 0.2) is 35.5 Å². The first-order valence-electron chi connectivity index (χ1n) is 8.43. The Morgan fingerprint density at radius 1 is 1.36 bits per heavy atom. The van der Waals surface area contributed by atoms with Crippen LogP contribution >= 0.6 is 11.6 Å². The molecule has 2 atom stereocenters. The van der Waals surface area contributed by atoms with Crippen molar-refractivity contribution in [1.29, 1.82) is 0 Å². The van der Waals surface area contributed by atoms with Crippen LogP contribution in [0, 0.1) is 0 Å². The SMILES string of the molecule is CCOC(=O)C1=C(CN[C@H](C)c2ccccc2Cl)NC(=O)N[C@@H]1CC. The summed E-state index contributed by atoms with van der Waals surface area (Å²) >= 11 is 6.22. The number of hydrogen-bond donors (Lipinski definition) is 3. The van der Waals surface area contributed by atoms with Crippen LogP contribution in [0.4, 0.5) is 4.79 Å². The van der Waals surface area contributed by atoms with Gasteiger partial charge in [0.25, 0.3) is 0 Å². The smallest absolute Gasteiger partial charge is 0.337 e. The molecule has 0 bridgehead atoms. The molecule has 1 aliphatic rings. The number of urea groups is 1. The first-order valence-corrected chi connectivity index (χ1v) is 8.81. The maximum absolute atomic E-state index is 12.3. The summed E-state index contributed by atoms with van der Waals surface area (Å²) in [7, 11) is 0. The Bertz CT molecular complexity index is 675. The third-order valence-electron chi connectivity index (χ3n) is 4.10. The highest BCUT2D eigenvalue weighted by Crippen LogP contribution is 2.23. The molecule has 1 aromatic rings. The van der Waals surface area contributed by atoms with Crippen molar-refractivity contribution in [3.8, 4) is 0 Å². The predicted octanol–water partition coefficient (Wildman–Crippen LogP) is 2.90. The summed E-state index contributed by atoms with van der Waals surface area (Å²) in [5, 5.41) is 9.46. The Morgan fingerprint density at radius 3 is 2.72 bits per heavy atom. The fraction of sp³-hybridized carbons (Fsp3) is 0.444. The topological polar surface area (TPSA) is 79.5 Å². The molecule has 7 heteroatoms. The van der Waals surface area contributed by atoms with E-state index in [0.717, 1.165) is 5.56 Å². The van der Waals surface area contributed by atoms with Gasteiger partial charge in [-0.15, -0.1) is 0 Å². The Hall–Kier alpha value is -2.05. The second-order valence-electron chi connectivity index (χ2n) is 5.80. The van der Waals surface area contributed by atoms with Crippen molar-refractivity contribution in [2.45, 2.75) is 39.3 Å². The molecule has 1 heterocycles. The normalized spacial score (nSPS) is 18.4. The number of ether oxygens (including phenoxy) is 1. The average Bonchev–Trinajstić information content (AvgIpc) is 2.59. The molecule has 0 saturated heterocycles. The molecule has 0 fully saturated rings. The van der Waals surface area contributed by atoms with Gasteiger partial charge in [-0.3, -0.25) is 0 Å². The molecule has 2 amide bonds. The highest BCUT2D eigenvalue weighted by molar-refractivity contribution is 6.31. The van der Waals surface area contributed by atoms with Crippen molar-refractivity contribution in [2.24, 2.45) is 0 Å². The number of esters is 1. The molecule has 0 aliphatic carbocycles. The molecule has 3 N–H and O–H groups in total. The third-order valence-corrected chi connectivity index (χ3v) is 4.45. The van der Waals surface area contributed by atoms with Crippen molar-refractivity contribution in [1.82, 2.24) is 16.0 Å². The number of carbonyl (C=O) groups is 2. The quantitative estimate of drug-likeness (QED) is 0.649. The van der Waals surface area contributed by atoms with Gasteiger partial charge in [-0.2, -0.15) is 0 Å². The number of nitrogens with one attached hydrogen (secondary N) is 3. The molecular weight excluding hydrogens is 342 g/mol. The highest BCUT2D eigenvalue weighted by atomic mass is 35.5. The molecule has 1 aliphatic heterocycles. The van der Waals surface area contributed by atoms with E-state index in [1.807, 2.05) is 38.1 Å². The number of rotatable bonds is 7. The number of halogens is 1. The molecule has 0 radical (unpaired) electrons. The minimum atomic E-state index is -0.413. The average molecular weight is 366 g/mol. The molecule has 136 valence electrons. The van der Waals surface area contributed by atoms with Crippen LogP contribution < -0.4 is 16.0 Å². The van der Waals surface area contributed by atoms with E-state index in [2.05, 4.69) is 16.0 Å². The Labute approximate surface area is 153 Å². The molecule has 1 aromatic carbocycles. The largest absolute Gasteiger partial charge is 0.463 e. The van der Waals surface area contributed by atoms with E-state index in [1.54, 1.807) is 6.92 Å². The van der Waals surface area contributed by atoms with E-state index in [9.17, 15) is 9.59 Å². The molecule has 25 heavy (non-hydrogen) atoms. The van der Waals surface area contributed by atoms with Gasteiger partial charge in [0.2, 0.25) is 0 Å². The summed E-state index contributed by atoms with van der Waals surface area (Å²) in [6.45, 7) is 6.25. The van der Waals surface area contributed by atoms with Gasteiger partial charge in [-0.05, 0) is 31.9 Å². The second kappa shape index (κ2) is 8.87. The molecule has 2 rings (SSSR count). The van der Waals surface area contributed by atoms with Crippen molar-refractivity contribution in [3.05, 3.63) is 46.1 Å². The van der Waals surface area contributed by atoms with Crippen molar-refractivity contribution in [3.63, 3.8) is 0 Å². The fourth-order valence-corrected chi connectivity index (χ4v) is 3.09. The molecule has 0 saturated carbocycles. The van der Waals surface area contributed by atoms with Gasteiger partial charge in [0.15, 0.2) is 0 Å². The van der Waals surface area contributed by atoms with E-state index in [-0.39, 0.29) is 24.7 Å². The van der Waals surface area contributed by atoms with Gasteiger partial charge in [-0.1, -0.05) is 36.7 Å². The van der Waals surface area contributed by atoms with Crippen LogP contribution in [0.3, 0.4) is 0 Å². The molecular formula is C18H24ClN3O3. The number of amides is 2. The summed E-state index contributed by atoms with van der Waals surface area (Å²) in [4.78, 5) is 24.2.